The number of hydrogen-bond donors (Lipinski definition) is 1. The Hall–Kier alpha value is -1.51. The first-order valence-corrected chi connectivity index (χ1v) is 9.46. The van der Waals surface area contributed by atoms with Crippen LogP contribution in [0.2, 0.25) is 5.02 Å². The van der Waals surface area contributed by atoms with Crippen molar-refractivity contribution in [3.63, 3.8) is 0 Å². The third-order valence-corrected chi connectivity index (χ3v) is 4.61. The van der Waals surface area contributed by atoms with Gasteiger partial charge in [-0.2, -0.15) is 0 Å². The Kier molecular flexibility index (Phi) is 7.80. The number of rotatable bonds is 10. The molecule has 0 unspecified atom stereocenters. The van der Waals surface area contributed by atoms with Gasteiger partial charge in [-0.1, -0.05) is 23.4 Å². The maximum absolute atomic E-state index is 6.18. The van der Waals surface area contributed by atoms with Crippen LogP contribution in [-0.2, 0) is 13.6 Å². The van der Waals surface area contributed by atoms with E-state index in [1.807, 2.05) is 27.0 Å². The molecule has 0 atom stereocenters. The van der Waals surface area contributed by atoms with Crippen molar-refractivity contribution in [3.8, 4) is 11.5 Å². The van der Waals surface area contributed by atoms with Crippen molar-refractivity contribution >= 4 is 23.4 Å². The van der Waals surface area contributed by atoms with E-state index in [4.69, 9.17) is 21.1 Å². The third kappa shape index (κ3) is 6.05. The summed E-state index contributed by atoms with van der Waals surface area (Å²) in [6.07, 6.45) is 1.06. The Bertz CT molecular complexity index is 681. The van der Waals surface area contributed by atoms with E-state index in [-0.39, 0.29) is 6.10 Å². The number of aryl methyl sites for hydroxylation is 1. The Labute approximate surface area is 157 Å². The molecule has 0 fully saturated rings. The molecule has 0 spiro atoms. The minimum absolute atomic E-state index is 0.0604. The molecule has 2 aromatic rings. The van der Waals surface area contributed by atoms with Gasteiger partial charge in [0.05, 0.1) is 13.2 Å². The molecular formula is C16H24ClN5O2S. The van der Waals surface area contributed by atoms with Gasteiger partial charge in [0.1, 0.15) is 0 Å². The molecule has 2 rings (SSSR count). The van der Waals surface area contributed by atoms with Gasteiger partial charge in [-0.25, -0.2) is 4.68 Å². The average molecular weight is 386 g/mol. The average Bonchev–Trinajstić information content (AvgIpc) is 2.97. The maximum atomic E-state index is 6.18. The van der Waals surface area contributed by atoms with Crippen LogP contribution in [0.1, 0.15) is 25.8 Å². The molecule has 1 heterocycles. The highest BCUT2D eigenvalue weighted by atomic mass is 35.5. The highest BCUT2D eigenvalue weighted by Crippen LogP contribution is 2.35. The largest absolute Gasteiger partial charge is 0.493 e. The number of benzene rings is 1. The van der Waals surface area contributed by atoms with Crippen LogP contribution in [-0.4, -0.2) is 45.7 Å². The van der Waals surface area contributed by atoms with Crippen molar-refractivity contribution in [3.05, 3.63) is 22.7 Å². The second-order valence-corrected chi connectivity index (χ2v) is 7.23. The Morgan fingerprint density at radius 3 is 2.80 bits per heavy atom. The molecule has 1 aromatic heterocycles. The van der Waals surface area contributed by atoms with Crippen molar-refractivity contribution in [2.75, 3.05) is 19.4 Å². The van der Waals surface area contributed by atoms with Crippen LogP contribution in [0, 0.1) is 0 Å². The van der Waals surface area contributed by atoms with Crippen molar-refractivity contribution in [1.29, 1.82) is 0 Å². The van der Waals surface area contributed by atoms with Crippen molar-refractivity contribution < 1.29 is 9.47 Å². The summed E-state index contributed by atoms with van der Waals surface area (Å²) >= 11 is 7.83. The molecular weight excluding hydrogens is 362 g/mol. The van der Waals surface area contributed by atoms with E-state index in [0.29, 0.717) is 17.3 Å². The summed E-state index contributed by atoms with van der Waals surface area (Å²) < 4.78 is 13.0. The van der Waals surface area contributed by atoms with Gasteiger partial charge in [0.2, 0.25) is 5.16 Å². The first-order valence-electron chi connectivity index (χ1n) is 8.10. The molecule has 9 heteroatoms. The van der Waals surface area contributed by atoms with Crippen molar-refractivity contribution in [1.82, 2.24) is 25.5 Å². The molecule has 25 heavy (non-hydrogen) atoms. The number of ether oxygens (including phenoxy) is 2. The molecule has 1 N–H and O–H groups in total. The predicted molar refractivity (Wildman–Crippen MR) is 99.6 cm³/mol. The SMILES string of the molecule is COc1cc(Cl)cc(CNCCCSc2nnnn2C)c1OC(C)C. The van der Waals surface area contributed by atoms with Gasteiger partial charge in [-0.05, 0) is 43.3 Å². The second kappa shape index (κ2) is 9.84. The standard InChI is InChI=1S/C16H24ClN5O2S/c1-11(2)24-15-12(8-13(17)9-14(15)23-4)10-18-6-5-7-25-16-19-20-21-22(16)3/h8-9,11,18H,5-7,10H2,1-4H3. The lowest BCUT2D eigenvalue weighted by Crippen LogP contribution is -2.17. The van der Waals surface area contributed by atoms with Crippen LogP contribution in [0.15, 0.2) is 17.3 Å². The van der Waals surface area contributed by atoms with E-state index in [9.17, 15) is 0 Å². The summed E-state index contributed by atoms with van der Waals surface area (Å²) in [6, 6.07) is 3.68. The number of aromatic nitrogens is 4. The molecule has 0 saturated carbocycles. The molecule has 0 bridgehead atoms. The zero-order valence-corrected chi connectivity index (χ0v) is 16.5. The van der Waals surface area contributed by atoms with Gasteiger partial charge in [-0.15, -0.1) is 5.10 Å². The summed E-state index contributed by atoms with van der Waals surface area (Å²) in [5.41, 5.74) is 0.989. The fourth-order valence-electron chi connectivity index (χ4n) is 2.20. The quantitative estimate of drug-likeness (QED) is 0.497. The number of nitrogens with zero attached hydrogens (tertiary/aromatic N) is 4. The molecule has 0 amide bonds. The molecule has 0 aliphatic rings. The van der Waals surface area contributed by atoms with E-state index in [2.05, 4.69) is 20.8 Å². The molecule has 138 valence electrons. The van der Waals surface area contributed by atoms with E-state index in [0.717, 1.165) is 35.2 Å². The smallest absolute Gasteiger partial charge is 0.209 e. The third-order valence-electron chi connectivity index (χ3n) is 3.30. The number of halogens is 1. The summed E-state index contributed by atoms with van der Waals surface area (Å²) in [7, 11) is 3.46. The van der Waals surface area contributed by atoms with Gasteiger partial charge in [0.15, 0.2) is 11.5 Å². The zero-order valence-electron chi connectivity index (χ0n) is 15.0. The highest BCUT2D eigenvalue weighted by molar-refractivity contribution is 7.99. The van der Waals surface area contributed by atoms with Crippen LogP contribution in [0.4, 0.5) is 0 Å². The van der Waals surface area contributed by atoms with E-state index in [1.165, 1.54) is 0 Å². The minimum Gasteiger partial charge on any atom is -0.493 e. The van der Waals surface area contributed by atoms with Crippen LogP contribution in [0.5, 0.6) is 11.5 Å². The van der Waals surface area contributed by atoms with Crippen molar-refractivity contribution in [2.45, 2.75) is 38.1 Å². The second-order valence-electron chi connectivity index (χ2n) is 5.73. The molecule has 0 saturated heterocycles. The fourth-order valence-corrected chi connectivity index (χ4v) is 3.22. The number of nitrogens with one attached hydrogen (secondary N) is 1. The number of methoxy groups -OCH3 is 1. The highest BCUT2D eigenvalue weighted by Gasteiger charge is 2.14. The number of hydrogen-bond acceptors (Lipinski definition) is 7. The lowest BCUT2D eigenvalue weighted by molar-refractivity contribution is 0.227. The minimum atomic E-state index is 0.0604. The monoisotopic (exact) mass is 385 g/mol. The van der Waals surface area contributed by atoms with Gasteiger partial charge in [0, 0.05) is 36.0 Å². The van der Waals surface area contributed by atoms with E-state index in [1.54, 1.807) is 29.6 Å². The van der Waals surface area contributed by atoms with Gasteiger partial charge in [-0.3, -0.25) is 0 Å². The van der Waals surface area contributed by atoms with Crippen molar-refractivity contribution in [2.24, 2.45) is 7.05 Å². The predicted octanol–water partition coefficient (Wildman–Crippen LogP) is 2.93. The molecule has 0 aliphatic heterocycles. The Morgan fingerprint density at radius 2 is 2.16 bits per heavy atom. The summed E-state index contributed by atoms with van der Waals surface area (Å²) in [4.78, 5) is 0. The normalized spacial score (nSPS) is 11.1. The van der Waals surface area contributed by atoms with Crippen LogP contribution in [0.3, 0.4) is 0 Å². The van der Waals surface area contributed by atoms with Gasteiger partial charge in [0.25, 0.3) is 0 Å². The Morgan fingerprint density at radius 1 is 1.36 bits per heavy atom. The lowest BCUT2D eigenvalue weighted by atomic mass is 10.1. The van der Waals surface area contributed by atoms with E-state index < -0.39 is 0 Å². The van der Waals surface area contributed by atoms with Crippen LogP contribution >= 0.6 is 23.4 Å². The van der Waals surface area contributed by atoms with Crippen LogP contribution < -0.4 is 14.8 Å². The number of tetrazole rings is 1. The van der Waals surface area contributed by atoms with Gasteiger partial charge < -0.3 is 14.8 Å². The topological polar surface area (TPSA) is 74.1 Å². The summed E-state index contributed by atoms with van der Waals surface area (Å²) in [5, 5.41) is 16.3. The maximum Gasteiger partial charge on any atom is 0.209 e. The fraction of sp³-hybridized carbons (Fsp3) is 0.562. The Balaban J connectivity index is 1.85. The zero-order chi connectivity index (χ0) is 18.2. The van der Waals surface area contributed by atoms with Gasteiger partial charge >= 0.3 is 0 Å². The molecule has 0 aliphatic carbocycles. The molecule has 7 nitrogen and oxygen atoms in total. The summed E-state index contributed by atoms with van der Waals surface area (Å²) in [5.74, 6) is 2.34. The summed E-state index contributed by atoms with van der Waals surface area (Å²) in [6.45, 7) is 5.51. The number of thioether (sulfide) groups is 1. The van der Waals surface area contributed by atoms with Crippen LogP contribution in [0.25, 0.3) is 0 Å². The molecule has 0 radical (unpaired) electrons. The molecule has 1 aromatic carbocycles. The first kappa shape index (κ1) is 19.8. The lowest BCUT2D eigenvalue weighted by Gasteiger charge is -2.18. The first-order chi connectivity index (χ1) is 12.0. The van der Waals surface area contributed by atoms with E-state index >= 15 is 0 Å².